The molecule has 1 aliphatic heterocycles. The molecule has 1 fully saturated rings. The lowest BCUT2D eigenvalue weighted by Crippen LogP contribution is -2.58. The van der Waals surface area contributed by atoms with Gasteiger partial charge < -0.3 is 5.32 Å². The fraction of sp³-hybridized carbons (Fsp3) is 1.00. The molecule has 0 aromatic heterocycles. The van der Waals surface area contributed by atoms with Gasteiger partial charge in [-0.05, 0) is 12.3 Å². The Morgan fingerprint density at radius 1 is 1.50 bits per heavy atom. The van der Waals surface area contributed by atoms with Gasteiger partial charge in [-0.2, -0.15) is 0 Å². The van der Waals surface area contributed by atoms with Crippen molar-refractivity contribution in [2.45, 2.75) is 39.3 Å². The molecular weight excluding hydrogens is 220 g/mol. The van der Waals surface area contributed by atoms with E-state index in [1.54, 1.807) is 6.26 Å². The van der Waals surface area contributed by atoms with Crippen LogP contribution in [-0.2, 0) is 10.8 Å². The average molecular weight is 246 g/mol. The predicted octanol–water partition coefficient (Wildman–Crippen LogP) is 1.07. The van der Waals surface area contributed by atoms with E-state index in [1.807, 2.05) is 0 Å². The molecule has 1 aliphatic rings. The lowest BCUT2D eigenvalue weighted by molar-refractivity contribution is 0.117. The number of nitrogens with one attached hydrogen (secondary N) is 1. The minimum absolute atomic E-state index is 0.591. The van der Waals surface area contributed by atoms with Gasteiger partial charge >= 0.3 is 0 Å². The van der Waals surface area contributed by atoms with Crippen LogP contribution < -0.4 is 5.32 Å². The lowest BCUT2D eigenvalue weighted by atomic mass is 9.98. The van der Waals surface area contributed by atoms with Crippen LogP contribution in [0.15, 0.2) is 0 Å². The Hall–Kier alpha value is 0.0700. The van der Waals surface area contributed by atoms with Crippen LogP contribution in [0.3, 0.4) is 0 Å². The molecule has 0 amide bonds. The highest BCUT2D eigenvalue weighted by molar-refractivity contribution is 7.84. The Morgan fingerprint density at radius 2 is 2.19 bits per heavy atom. The Balaban J connectivity index is 2.50. The van der Waals surface area contributed by atoms with Gasteiger partial charge in [-0.25, -0.2) is 0 Å². The van der Waals surface area contributed by atoms with Crippen LogP contribution in [0, 0.1) is 5.92 Å². The monoisotopic (exact) mass is 246 g/mol. The molecule has 4 heteroatoms. The molecule has 1 rings (SSSR count). The van der Waals surface area contributed by atoms with E-state index in [-0.39, 0.29) is 0 Å². The van der Waals surface area contributed by atoms with Crippen molar-refractivity contribution < 1.29 is 4.21 Å². The van der Waals surface area contributed by atoms with Crippen LogP contribution >= 0.6 is 0 Å². The second-order valence-corrected chi connectivity index (χ2v) is 6.65. The molecule has 3 nitrogen and oxygen atoms in total. The zero-order valence-electron chi connectivity index (χ0n) is 11.0. The van der Waals surface area contributed by atoms with E-state index in [9.17, 15) is 4.21 Å². The summed E-state index contributed by atoms with van der Waals surface area (Å²) in [6.07, 6.45) is 2.97. The molecule has 0 radical (unpaired) electrons. The third-order valence-corrected chi connectivity index (χ3v) is 4.26. The summed E-state index contributed by atoms with van der Waals surface area (Å²) in [6, 6.07) is 1.21. The highest BCUT2D eigenvalue weighted by Crippen LogP contribution is 2.14. The molecule has 0 aromatic carbocycles. The predicted molar refractivity (Wildman–Crippen MR) is 71.2 cm³/mol. The fourth-order valence-corrected chi connectivity index (χ4v) is 2.74. The van der Waals surface area contributed by atoms with E-state index < -0.39 is 10.8 Å². The Kier molecular flexibility index (Phi) is 5.94. The van der Waals surface area contributed by atoms with E-state index in [0.717, 1.165) is 25.4 Å². The molecule has 0 spiro atoms. The third-order valence-electron chi connectivity index (χ3n) is 3.51. The largest absolute Gasteiger partial charge is 0.311 e. The van der Waals surface area contributed by atoms with Crippen molar-refractivity contribution >= 4 is 10.8 Å². The maximum Gasteiger partial charge on any atom is 0.0359 e. The van der Waals surface area contributed by atoms with Gasteiger partial charge in [0.25, 0.3) is 0 Å². The van der Waals surface area contributed by atoms with Crippen molar-refractivity contribution in [3.05, 3.63) is 0 Å². The summed E-state index contributed by atoms with van der Waals surface area (Å²) in [5, 5.41) is 3.62. The highest BCUT2D eigenvalue weighted by atomic mass is 32.2. The van der Waals surface area contributed by atoms with Crippen LogP contribution in [0.1, 0.15) is 27.2 Å². The average Bonchev–Trinajstić information content (AvgIpc) is 2.25. The number of piperazine rings is 1. The molecule has 0 aromatic rings. The molecular formula is C12H26N2OS. The van der Waals surface area contributed by atoms with Crippen LogP contribution in [0.25, 0.3) is 0 Å². The van der Waals surface area contributed by atoms with E-state index in [1.165, 1.54) is 6.42 Å². The maximum absolute atomic E-state index is 11.2. The Bertz CT molecular complexity index is 233. The topological polar surface area (TPSA) is 32.3 Å². The van der Waals surface area contributed by atoms with Crippen molar-refractivity contribution in [2.24, 2.45) is 5.92 Å². The van der Waals surface area contributed by atoms with Gasteiger partial charge in [0.05, 0.1) is 0 Å². The van der Waals surface area contributed by atoms with E-state index in [4.69, 9.17) is 0 Å². The summed E-state index contributed by atoms with van der Waals surface area (Å²) in [5.74, 6) is 1.48. The second-order valence-electron chi connectivity index (χ2n) is 5.09. The van der Waals surface area contributed by atoms with E-state index in [2.05, 4.69) is 31.0 Å². The normalized spacial score (nSPS) is 29.6. The first-order valence-electron chi connectivity index (χ1n) is 6.32. The summed E-state index contributed by atoms with van der Waals surface area (Å²) in [5.41, 5.74) is 0. The number of hydrogen-bond donors (Lipinski definition) is 1. The quantitative estimate of drug-likeness (QED) is 0.788. The van der Waals surface area contributed by atoms with Crippen molar-refractivity contribution in [2.75, 3.05) is 31.6 Å². The zero-order valence-corrected chi connectivity index (χ0v) is 11.8. The van der Waals surface area contributed by atoms with Crippen molar-refractivity contribution in [1.82, 2.24) is 10.2 Å². The van der Waals surface area contributed by atoms with Crippen molar-refractivity contribution in [3.8, 4) is 0 Å². The summed E-state index contributed by atoms with van der Waals surface area (Å²) in [7, 11) is -0.668. The van der Waals surface area contributed by atoms with Gasteiger partial charge in [0.15, 0.2) is 0 Å². The summed E-state index contributed by atoms with van der Waals surface area (Å²) < 4.78 is 11.2. The minimum Gasteiger partial charge on any atom is -0.311 e. The van der Waals surface area contributed by atoms with Gasteiger partial charge in [-0.1, -0.05) is 20.8 Å². The SMILES string of the molecule is CCC1CNC(C(C)C)CN1CCS(C)=O. The fourth-order valence-electron chi connectivity index (χ4n) is 2.25. The molecule has 1 heterocycles. The standard InChI is InChI=1S/C12H26N2OS/c1-5-11-8-13-12(10(2)3)9-14(11)6-7-16(4)15/h10-13H,5-9H2,1-4H3. The highest BCUT2D eigenvalue weighted by Gasteiger charge is 2.27. The minimum atomic E-state index is -0.668. The van der Waals surface area contributed by atoms with E-state index >= 15 is 0 Å². The molecule has 96 valence electrons. The van der Waals surface area contributed by atoms with Crippen LogP contribution in [0.4, 0.5) is 0 Å². The Morgan fingerprint density at radius 3 is 2.69 bits per heavy atom. The van der Waals surface area contributed by atoms with E-state index in [0.29, 0.717) is 18.0 Å². The molecule has 0 aliphatic carbocycles. The molecule has 16 heavy (non-hydrogen) atoms. The first-order valence-corrected chi connectivity index (χ1v) is 8.04. The number of rotatable bonds is 5. The molecule has 3 atom stereocenters. The van der Waals surface area contributed by atoms with Crippen LogP contribution in [0.5, 0.6) is 0 Å². The summed E-state index contributed by atoms with van der Waals surface area (Å²) >= 11 is 0. The molecule has 1 saturated heterocycles. The van der Waals surface area contributed by atoms with Gasteiger partial charge in [0, 0.05) is 54.5 Å². The molecule has 0 bridgehead atoms. The van der Waals surface area contributed by atoms with Gasteiger partial charge in [0.1, 0.15) is 0 Å². The van der Waals surface area contributed by atoms with Crippen LogP contribution in [0.2, 0.25) is 0 Å². The smallest absolute Gasteiger partial charge is 0.0359 e. The lowest BCUT2D eigenvalue weighted by Gasteiger charge is -2.41. The number of hydrogen-bond acceptors (Lipinski definition) is 3. The maximum atomic E-state index is 11.2. The summed E-state index contributed by atoms with van der Waals surface area (Å²) in [4.78, 5) is 2.52. The van der Waals surface area contributed by atoms with Crippen LogP contribution in [-0.4, -0.2) is 52.8 Å². The first kappa shape index (κ1) is 14.1. The van der Waals surface area contributed by atoms with Crippen molar-refractivity contribution in [3.63, 3.8) is 0 Å². The van der Waals surface area contributed by atoms with Gasteiger partial charge in [-0.3, -0.25) is 9.11 Å². The molecule has 1 N–H and O–H groups in total. The third kappa shape index (κ3) is 4.15. The number of nitrogens with zero attached hydrogens (tertiary/aromatic N) is 1. The first-order chi connectivity index (χ1) is 7.54. The summed E-state index contributed by atoms with van der Waals surface area (Å²) in [6.45, 7) is 9.92. The molecule has 0 saturated carbocycles. The van der Waals surface area contributed by atoms with Gasteiger partial charge in [0.2, 0.25) is 0 Å². The Labute approximate surface area is 102 Å². The van der Waals surface area contributed by atoms with Crippen molar-refractivity contribution in [1.29, 1.82) is 0 Å². The molecule has 3 unspecified atom stereocenters. The second kappa shape index (κ2) is 6.72. The zero-order chi connectivity index (χ0) is 12.1. The van der Waals surface area contributed by atoms with Gasteiger partial charge in [-0.15, -0.1) is 0 Å².